The normalized spacial score (nSPS) is 11.9. The number of nitrogens with zero attached hydrogens (tertiary/aromatic N) is 2. The number of rotatable bonds is 3. The van der Waals surface area contributed by atoms with Gasteiger partial charge in [0.25, 0.3) is 0 Å². The topological polar surface area (TPSA) is 46.8 Å². The monoisotopic (exact) mass is 525 g/mol. The van der Waals surface area contributed by atoms with Crippen LogP contribution in [0.15, 0.2) is 138 Å². The summed E-state index contributed by atoms with van der Waals surface area (Å²) < 4.78 is 8.67. The third kappa shape index (κ3) is 3.31. The Kier molecular flexibility index (Phi) is 4.58. The summed E-state index contributed by atoms with van der Waals surface area (Å²) in [6.07, 6.45) is 0. The maximum atomic E-state index is 6.28. The molecule has 0 spiro atoms. The summed E-state index contributed by atoms with van der Waals surface area (Å²) in [7, 11) is 0. The molecule has 0 unspecified atom stereocenters. The van der Waals surface area contributed by atoms with Gasteiger partial charge in [-0.15, -0.1) is 0 Å². The molecule has 1 N–H and O–H groups in total. The van der Waals surface area contributed by atoms with Crippen LogP contribution in [-0.4, -0.2) is 14.5 Å². The van der Waals surface area contributed by atoms with Crippen molar-refractivity contribution in [1.82, 2.24) is 14.5 Å². The molecule has 3 aromatic heterocycles. The van der Waals surface area contributed by atoms with E-state index in [9.17, 15) is 0 Å². The molecule has 41 heavy (non-hydrogen) atoms. The zero-order valence-corrected chi connectivity index (χ0v) is 22.0. The highest BCUT2D eigenvalue weighted by atomic mass is 16.3. The number of oxazole rings is 1. The van der Waals surface area contributed by atoms with Crippen LogP contribution in [0.1, 0.15) is 0 Å². The van der Waals surface area contributed by atoms with Gasteiger partial charge < -0.3 is 14.0 Å². The molecule has 0 saturated heterocycles. The van der Waals surface area contributed by atoms with Gasteiger partial charge in [0.2, 0.25) is 5.89 Å². The number of nitrogens with one attached hydrogen (secondary N) is 1. The first kappa shape index (κ1) is 22.2. The van der Waals surface area contributed by atoms with Crippen LogP contribution in [0.4, 0.5) is 0 Å². The Morgan fingerprint density at radius 2 is 1.29 bits per heavy atom. The van der Waals surface area contributed by atoms with Crippen molar-refractivity contribution in [3.8, 4) is 28.3 Å². The van der Waals surface area contributed by atoms with E-state index in [1.165, 1.54) is 21.5 Å². The lowest BCUT2D eigenvalue weighted by molar-refractivity contribution is 0.620. The van der Waals surface area contributed by atoms with Crippen LogP contribution in [-0.2, 0) is 0 Å². The SMILES string of the molecule is c1ccc(-c2cc(-c3nc4ccccc4o3)cc(-n3c4ccccc4c4ccc5c6ccccc6[nH]c5c43)c2)cc1. The third-order valence-electron chi connectivity index (χ3n) is 8.14. The van der Waals surface area contributed by atoms with Gasteiger partial charge in [-0.1, -0.05) is 91.0 Å². The molecule has 0 saturated carbocycles. The molecule has 3 heterocycles. The van der Waals surface area contributed by atoms with Crippen LogP contribution in [0.25, 0.3) is 83.0 Å². The Hall–Kier alpha value is -5.61. The van der Waals surface area contributed by atoms with Crippen molar-refractivity contribution in [1.29, 1.82) is 0 Å². The van der Waals surface area contributed by atoms with Crippen molar-refractivity contribution < 1.29 is 4.42 Å². The lowest BCUT2D eigenvalue weighted by Gasteiger charge is -2.13. The molecular formula is C37H23N3O. The van der Waals surface area contributed by atoms with E-state index in [0.717, 1.165) is 55.5 Å². The number of para-hydroxylation sites is 4. The molecule has 6 aromatic carbocycles. The van der Waals surface area contributed by atoms with Crippen LogP contribution in [0, 0.1) is 0 Å². The lowest BCUT2D eigenvalue weighted by Crippen LogP contribution is -1.96. The van der Waals surface area contributed by atoms with E-state index in [1.807, 2.05) is 24.3 Å². The Bertz CT molecular complexity index is 2390. The number of H-pyrrole nitrogens is 1. The quantitative estimate of drug-likeness (QED) is 0.249. The smallest absolute Gasteiger partial charge is 0.227 e. The largest absolute Gasteiger partial charge is 0.436 e. The maximum Gasteiger partial charge on any atom is 0.227 e. The lowest BCUT2D eigenvalue weighted by atomic mass is 10.0. The van der Waals surface area contributed by atoms with E-state index >= 15 is 0 Å². The summed E-state index contributed by atoms with van der Waals surface area (Å²) in [6, 6.07) is 46.8. The second-order valence-electron chi connectivity index (χ2n) is 10.5. The number of aromatic amines is 1. The first-order chi connectivity index (χ1) is 20.3. The molecule has 0 fully saturated rings. The number of benzene rings is 6. The minimum atomic E-state index is 0.613. The average Bonchev–Trinajstić information content (AvgIpc) is 3.73. The van der Waals surface area contributed by atoms with Gasteiger partial charge in [0, 0.05) is 38.3 Å². The summed E-state index contributed by atoms with van der Waals surface area (Å²) in [5.74, 6) is 0.613. The zero-order chi connectivity index (χ0) is 26.9. The van der Waals surface area contributed by atoms with Gasteiger partial charge in [-0.3, -0.25) is 0 Å². The zero-order valence-electron chi connectivity index (χ0n) is 22.0. The van der Waals surface area contributed by atoms with Gasteiger partial charge in [-0.05, 0) is 53.6 Å². The highest BCUT2D eigenvalue weighted by Gasteiger charge is 2.19. The molecule has 0 aliphatic carbocycles. The third-order valence-corrected chi connectivity index (χ3v) is 8.14. The van der Waals surface area contributed by atoms with Crippen LogP contribution in [0.2, 0.25) is 0 Å². The van der Waals surface area contributed by atoms with Gasteiger partial charge in [-0.2, -0.15) is 0 Å². The molecule has 0 aliphatic heterocycles. The minimum Gasteiger partial charge on any atom is -0.436 e. The van der Waals surface area contributed by atoms with E-state index < -0.39 is 0 Å². The first-order valence-electron chi connectivity index (χ1n) is 13.8. The predicted octanol–water partition coefficient (Wildman–Crippen LogP) is 9.89. The van der Waals surface area contributed by atoms with E-state index in [1.54, 1.807) is 0 Å². The second kappa shape index (κ2) is 8.44. The highest BCUT2D eigenvalue weighted by Crippen LogP contribution is 2.40. The molecule has 9 aromatic rings. The van der Waals surface area contributed by atoms with Gasteiger partial charge in [-0.25, -0.2) is 4.98 Å². The van der Waals surface area contributed by atoms with E-state index in [-0.39, 0.29) is 0 Å². The molecule has 192 valence electrons. The first-order valence-corrected chi connectivity index (χ1v) is 13.8. The molecule has 0 amide bonds. The minimum absolute atomic E-state index is 0.613. The molecule has 0 atom stereocenters. The molecule has 4 nitrogen and oxygen atoms in total. The highest BCUT2D eigenvalue weighted by molar-refractivity contribution is 6.22. The van der Waals surface area contributed by atoms with Crippen molar-refractivity contribution in [3.05, 3.63) is 133 Å². The van der Waals surface area contributed by atoms with Crippen LogP contribution >= 0.6 is 0 Å². The summed E-state index contributed by atoms with van der Waals surface area (Å²) in [4.78, 5) is 8.61. The molecule has 0 radical (unpaired) electrons. The van der Waals surface area contributed by atoms with Crippen LogP contribution < -0.4 is 0 Å². The molecule has 0 aliphatic rings. The van der Waals surface area contributed by atoms with Gasteiger partial charge >= 0.3 is 0 Å². The van der Waals surface area contributed by atoms with Gasteiger partial charge in [0.15, 0.2) is 5.58 Å². The fraction of sp³-hybridized carbons (Fsp3) is 0. The fourth-order valence-electron chi connectivity index (χ4n) is 6.30. The standard InChI is InChI=1S/C37H23N3O/c1-2-10-23(11-3-1)24-20-25(37-39-32-15-7-9-17-34(32)41-37)22-26(21-24)40-33-16-8-5-13-28(33)30-19-18-29-27-12-4-6-14-31(27)38-35(29)36(30)40/h1-22,38H. The second-order valence-corrected chi connectivity index (χ2v) is 10.5. The van der Waals surface area contributed by atoms with Crippen LogP contribution in [0.5, 0.6) is 0 Å². The summed E-state index contributed by atoms with van der Waals surface area (Å²) >= 11 is 0. The van der Waals surface area contributed by atoms with Crippen molar-refractivity contribution in [2.45, 2.75) is 0 Å². The summed E-state index contributed by atoms with van der Waals surface area (Å²) in [5, 5.41) is 4.88. The Morgan fingerprint density at radius 3 is 2.20 bits per heavy atom. The van der Waals surface area contributed by atoms with Crippen LogP contribution in [0.3, 0.4) is 0 Å². The van der Waals surface area contributed by atoms with Crippen molar-refractivity contribution in [3.63, 3.8) is 0 Å². The average molecular weight is 526 g/mol. The fourth-order valence-corrected chi connectivity index (χ4v) is 6.30. The maximum absolute atomic E-state index is 6.28. The molecule has 0 bridgehead atoms. The van der Waals surface area contributed by atoms with Crippen molar-refractivity contribution in [2.24, 2.45) is 0 Å². The van der Waals surface area contributed by atoms with Crippen molar-refractivity contribution >= 4 is 54.7 Å². The van der Waals surface area contributed by atoms with E-state index in [4.69, 9.17) is 9.40 Å². The summed E-state index contributed by atoms with van der Waals surface area (Å²) in [6.45, 7) is 0. The van der Waals surface area contributed by atoms with E-state index in [2.05, 4.69) is 119 Å². The van der Waals surface area contributed by atoms with Gasteiger partial charge in [0.1, 0.15) is 5.52 Å². The Labute approximate surface area is 235 Å². The summed E-state index contributed by atoms with van der Waals surface area (Å²) in [5.41, 5.74) is 10.5. The molecule has 9 rings (SSSR count). The number of fused-ring (bicyclic) bond motifs is 8. The number of hydrogen-bond donors (Lipinski definition) is 1. The van der Waals surface area contributed by atoms with Crippen molar-refractivity contribution in [2.75, 3.05) is 0 Å². The molecular weight excluding hydrogens is 502 g/mol. The Morgan fingerprint density at radius 1 is 0.561 bits per heavy atom. The number of hydrogen-bond acceptors (Lipinski definition) is 2. The van der Waals surface area contributed by atoms with E-state index in [0.29, 0.717) is 5.89 Å². The number of aromatic nitrogens is 3. The van der Waals surface area contributed by atoms with Gasteiger partial charge in [0.05, 0.1) is 16.6 Å². The predicted molar refractivity (Wildman–Crippen MR) is 169 cm³/mol. The Balaban J connectivity index is 1.41. The molecule has 4 heteroatoms.